The molecule has 2 aromatic rings. The Kier molecular flexibility index (Phi) is 5.21. The number of anilines is 1. The number of hydrogen-bond acceptors (Lipinski definition) is 4. The van der Waals surface area contributed by atoms with Gasteiger partial charge in [0.1, 0.15) is 12.7 Å². The summed E-state index contributed by atoms with van der Waals surface area (Å²) in [6, 6.07) is 15.6. The molecule has 1 heterocycles. The number of amides is 1. The van der Waals surface area contributed by atoms with Gasteiger partial charge in [-0.25, -0.2) is 0 Å². The Bertz CT molecular complexity index is 685. The third kappa shape index (κ3) is 4.19. The van der Waals surface area contributed by atoms with Crippen molar-refractivity contribution in [2.45, 2.75) is 19.4 Å². The van der Waals surface area contributed by atoms with Gasteiger partial charge in [-0.3, -0.25) is 4.79 Å². The normalized spacial score (nSPS) is 15.6. The second-order valence-electron chi connectivity index (χ2n) is 5.71. The van der Waals surface area contributed by atoms with Crippen molar-refractivity contribution in [3.63, 3.8) is 0 Å². The molecule has 0 fully saturated rings. The number of carbonyl (C=O) groups excluding carboxylic acids is 1. The first kappa shape index (κ1) is 16.2. The van der Waals surface area contributed by atoms with Crippen molar-refractivity contribution >= 4 is 11.6 Å². The predicted octanol–water partition coefficient (Wildman–Crippen LogP) is 2.62. The molecule has 0 spiro atoms. The van der Waals surface area contributed by atoms with Crippen LogP contribution in [0.2, 0.25) is 0 Å². The van der Waals surface area contributed by atoms with Gasteiger partial charge in [-0.15, -0.1) is 0 Å². The molecule has 0 saturated heterocycles. The van der Waals surface area contributed by atoms with Gasteiger partial charge in [-0.2, -0.15) is 0 Å². The largest absolute Gasteiger partial charge is 0.486 e. The average Bonchev–Trinajstić information content (AvgIpc) is 2.65. The van der Waals surface area contributed by atoms with Crippen molar-refractivity contribution in [1.29, 1.82) is 0 Å². The highest BCUT2D eigenvalue weighted by molar-refractivity contribution is 5.80. The highest BCUT2D eigenvalue weighted by atomic mass is 16.6. The van der Waals surface area contributed by atoms with Crippen molar-refractivity contribution in [3.8, 4) is 11.5 Å². The van der Waals surface area contributed by atoms with Crippen LogP contribution in [0.4, 0.5) is 5.69 Å². The van der Waals surface area contributed by atoms with Gasteiger partial charge in [0, 0.05) is 5.69 Å². The van der Waals surface area contributed by atoms with E-state index in [4.69, 9.17) is 9.47 Å². The molecule has 0 aromatic heterocycles. The van der Waals surface area contributed by atoms with Gasteiger partial charge in [0.05, 0.1) is 13.1 Å². The van der Waals surface area contributed by atoms with E-state index in [2.05, 4.69) is 29.7 Å². The molecule has 24 heavy (non-hydrogen) atoms. The van der Waals surface area contributed by atoms with Crippen LogP contribution in [0.3, 0.4) is 0 Å². The first-order valence-electron chi connectivity index (χ1n) is 8.22. The van der Waals surface area contributed by atoms with Gasteiger partial charge in [-0.1, -0.05) is 31.2 Å². The van der Waals surface area contributed by atoms with Crippen LogP contribution in [0.15, 0.2) is 48.5 Å². The molecule has 1 atom stereocenters. The number of ether oxygens (including phenoxy) is 2. The summed E-state index contributed by atoms with van der Waals surface area (Å²) >= 11 is 0. The molecule has 0 unspecified atom stereocenters. The maximum Gasteiger partial charge on any atom is 0.239 e. The van der Waals surface area contributed by atoms with E-state index in [0.29, 0.717) is 13.2 Å². The number of hydrogen-bond donors (Lipinski definition) is 2. The van der Waals surface area contributed by atoms with Gasteiger partial charge >= 0.3 is 0 Å². The molecule has 126 valence electrons. The topological polar surface area (TPSA) is 59.6 Å². The molecular formula is C19H22N2O3. The van der Waals surface area contributed by atoms with Gasteiger partial charge in [0.25, 0.3) is 0 Å². The van der Waals surface area contributed by atoms with E-state index in [-0.39, 0.29) is 18.6 Å². The zero-order chi connectivity index (χ0) is 16.8. The molecule has 1 aliphatic rings. The summed E-state index contributed by atoms with van der Waals surface area (Å²) in [6.45, 7) is 3.20. The van der Waals surface area contributed by atoms with Crippen molar-refractivity contribution in [2.24, 2.45) is 0 Å². The zero-order valence-corrected chi connectivity index (χ0v) is 13.7. The van der Waals surface area contributed by atoms with E-state index in [9.17, 15) is 4.79 Å². The molecule has 0 aliphatic carbocycles. The summed E-state index contributed by atoms with van der Waals surface area (Å²) in [5.41, 5.74) is 2.22. The zero-order valence-electron chi connectivity index (χ0n) is 13.7. The van der Waals surface area contributed by atoms with Crippen LogP contribution < -0.4 is 20.1 Å². The van der Waals surface area contributed by atoms with E-state index in [1.165, 1.54) is 5.56 Å². The lowest BCUT2D eigenvalue weighted by molar-refractivity contribution is -0.119. The summed E-state index contributed by atoms with van der Waals surface area (Å²) in [7, 11) is 0. The van der Waals surface area contributed by atoms with E-state index < -0.39 is 0 Å². The number of nitrogens with one attached hydrogen (secondary N) is 2. The Morgan fingerprint density at radius 1 is 1.12 bits per heavy atom. The lowest BCUT2D eigenvalue weighted by Gasteiger charge is -2.26. The van der Waals surface area contributed by atoms with Crippen LogP contribution in [0.1, 0.15) is 12.5 Å². The van der Waals surface area contributed by atoms with Crippen LogP contribution in [0.25, 0.3) is 0 Å². The fourth-order valence-corrected chi connectivity index (χ4v) is 2.49. The van der Waals surface area contributed by atoms with E-state index in [1.807, 2.05) is 36.4 Å². The molecule has 2 aromatic carbocycles. The van der Waals surface area contributed by atoms with Crippen molar-refractivity contribution in [2.75, 3.05) is 25.0 Å². The Labute approximate surface area is 142 Å². The first-order chi connectivity index (χ1) is 11.7. The number of fused-ring (bicyclic) bond motifs is 1. The van der Waals surface area contributed by atoms with Crippen LogP contribution in [0.5, 0.6) is 11.5 Å². The number of benzene rings is 2. The standard InChI is InChI=1S/C19H22N2O3/c1-2-14-7-9-15(10-8-14)20-12-19(22)21-11-16-13-23-17-5-3-4-6-18(17)24-16/h3-10,16,20H,2,11-13H2,1H3,(H,21,22)/t16-/m0/s1. The maximum absolute atomic E-state index is 12.0. The number of carbonyl (C=O) groups is 1. The Balaban J connectivity index is 1.41. The fourth-order valence-electron chi connectivity index (χ4n) is 2.49. The van der Waals surface area contributed by atoms with E-state index in [0.717, 1.165) is 23.6 Å². The van der Waals surface area contributed by atoms with Crippen LogP contribution in [-0.4, -0.2) is 31.7 Å². The second kappa shape index (κ2) is 7.73. The van der Waals surface area contributed by atoms with Crippen molar-refractivity contribution < 1.29 is 14.3 Å². The monoisotopic (exact) mass is 326 g/mol. The molecule has 3 rings (SSSR count). The first-order valence-corrected chi connectivity index (χ1v) is 8.22. The lowest BCUT2D eigenvalue weighted by atomic mass is 10.1. The van der Waals surface area contributed by atoms with Crippen LogP contribution >= 0.6 is 0 Å². The highest BCUT2D eigenvalue weighted by Gasteiger charge is 2.20. The average molecular weight is 326 g/mol. The van der Waals surface area contributed by atoms with Gasteiger partial charge in [0.15, 0.2) is 11.5 Å². The fraction of sp³-hybridized carbons (Fsp3) is 0.316. The molecule has 0 saturated carbocycles. The third-order valence-corrected chi connectivity index (χ3v) is 3.91. The van der Waals surface area contributed by atoms with E-state index >= 15 is 0 Å². The number of para-hydroxylation sites is 2. The molecule has 5 heteroatoms. The Morgan fingerprint density at radius 3 is 2.62 bits per heavy atom. The molecular weight excluding hydrogens is 304 g/mol. The smallest absolute Gasteiger partial charge is 0.239 e. The van der Waals surface area contributed by atoms with Crippen molar-refractivity contribution in [3.05, 3.63) is 54.1 Å². The minimum absolute atomic E-state index is 0.0722. The second-order valence-corrected chi connectivity index (χ2v) is 5.71. The van der Waals surface area contributed by atoms with Crippen molar-refractivity contribution in [1.82, 2.24) is 5.32 Å². The lowest BCUT2D eigenvalue weighted by Crippen LogP contribution is -2.42. The predicted molar refractivity (Wildman–Crippen MR) is 93.7 cm³/mol. The SMILES string of the molecule is CCc1ccc(NCC(=O)NC[C@H]2COc3ccccc3O2)cc1. The Hall–Kier alpha value is -2.69. The molecule has 2 N–H and O–H groups in total. The minimum atomic E-state index is -0.173. The Morgan fingerprint density at radius 2 is 1.88 bits per heavy atom. The van der Waals surface area contributed by atoms with Crippen LogP contribution in [0, 0.1) is 0 Å². The third-order valence-electron chi connectivity index (χ3n) is 3.91. The molecule has 1 amide bonds. The van der Waals surface area contributed by atoms with Gasteiger partial charge in [0.2, 0.25) is 5.91 Å². The molecule has 0 radical (unpaired) electrons. The summed E-state index contributed by atoms with van der Waals surface area (Å²) in [5.74, 6) is 1.39. The number of rotatable bonds is 6. The molecule has 1 aliphatic heterocycles. The quantitative estimate of drug-likeness (QED) is 0.857. The number of aryl methyl sites for hydroxylation is 1. The summed E-state index contributed by atoms with van der Waals surface area (Å²) in [6.07, 6.45) is 0.834. The highest BCUT2D eigenvalue weighted by Crippen LogP contribution is 2.30. The summed E-state index contributed by atoms with van der Waals surface area (Å²) in [5, 5.41) is 5.98. The summed E-state index contributed by atoms with van der Waals surface area (Å²) < 4.78 is 11.4. The summed E-state index contributed by atoms with van der Waals surface area (Å²) in [4.78, 5) is 12.0. The van der Waals surface area contributed by atoms with Gasteiger partial charge < -0.3 is 20.1 Å². The maximum atomic E-state index is 12.0. The van der Waals surface area contributed by atoms with Gasteiger partial charge in [-0.05, 0) is 36.2 Å². The molecule has 0 bridgehead atoms. The van der Waals surface area contributed by atoms with E-state index in [1.54, 1.807) is 0 Å². The minimum Gasteiger partial charge on any atom is -0.486 e. The van der Waals surface area contributed by atoms with Crippen LogP contribution in [-0.2, 0) is 11.2 Å². The molecule has 5 nitrogen and oxygen atoms in total.